The summed E-state index contributed by atoms with van der Waals surface area (Å²) in [5.41, 5.74) is 2.34. The van der Waals surface area contributed by atoms with Gasteiger partial charge in [0.15, 0.2) is 6.04 Å². The Balaban J connectivity index is 2.33. The quantitative estimate of drug-likeness (QED) is 0.856. The van der Waals surface area contributed by atoms with Crippen LogP contribution < -0.4 is 10.1 Å². The maximum Gasteiger partial charge on any atom is 0.333 e. The Morgan fingerprint density at radius 2 is 1.95 bits per heavy atom. The molecule has 1 unspecified atom stereocenters. The first-order valence-electron chi connectivity index (χ1n) is 6.55. The maximum absolute atomic E-state index is 12.0. The molecule has 110 valence electrons. The van der Waals surface area contributed by atoms with E-state index in [2.05, 4.69) is 10.3 Å². The second-order valence-electron chi connectivity index (χ2n) is 4.53. The highest BCUT2D eigenvalue weighted by Gasteiger charge is 2.22. The fourth-order valence-electron chi connectivity index (χ4n) is 1.97. The molecule has 0 bridgehead atoms. The molecule has 2 aromatic rings. The minimum Gasteiger partial charge on any atom is -0.495 e. The van der Waals surface area contributed by atoms with Crippen LogP contribution in [-0.2, 0) is 9.53 Å². The number of rotatable bonds is 5. The lowest BCUT2D eigenvalue weighted by molar-refractivity contribution is -0.141. The summed E-state index contributed by atoms with van der Waals surface area (Å²) in [5.74, 6) is 0.276. The summed E-state index contributed by atoms with van der Waals surface area (Å²) < 4.78 is 10.2. The van der Waals surface area contributed by atoms with E-state index in [0.29, 0.717) is 5.75 Å². The van der Waals surface area contributed by atoms with Crippen molar-refractivity contribution in [1.29, 1.82) is 0 Å². The molecule has 1 aromatic heterocycles. The number of ether oxygens (including phenoxy) is 2. The molecule has 0 aliphatic rings. The van der Waals surface area contributed by atoms with E-state index in [-0.39, 0.29) is 5.97 Å². The number of anilines is 1. The van der Waals surface area contributed by atoms with Crippen LogP contribution >= 0.6 is 0 Å². The second-order valence-corrected chi connectivity index (χ2v) is 4.53. The number of carbonyl (C=O) groups excluding carboxylic acids is 1. The van der Waals surface area contributed by atoms with Crippen molar-refractivity contribution < 1.29 is 14.3 Å². The molecule has 1 heterocycles. The number of hydrogen-bond acceptors (Lipinski definition) is 5. The molecule has 0 aliphatic heterocycles. The largest absolute Gasteiger partial charge is 0.495 e. The van der Waals surface area contributed by atoms with Crippen LogP contribution in [-0.4, -0.2) is 25.2 Å². The molecule has 0 radical (unpaired) electrons. The Morgan fingerprint density at radius 1 is 1.19 bits per heavy atom. The molecule has 5 heteroatoms. The topological polar surface area (TPSA) is 60.5 Å². The summed E-state index contributed by atoms with van der Waals surface area (Å²) in [6, 6.07) is 10.5. The van der Waals surface area contributed by atoms with Gasteiger partial charge in [-0.3, -0.25) is 4.98 Å². The van der Waals surface area contributed by atoms with E-state index in [1.165, 1.54) is 7.11 Å². The molecule has 0 saturated carbocycles. The van der Waals surface area contributed by atoms with Crippen LogP contribution in [0.3, 0.4) is 0 Å². The Kier molecular flexibility index (Phi) is 4.77. The number of nitrogens with one attached hydrogen (secondary N) is 1. The fourth-order valence-corrected chi connectivity index (χ4v) is 1.97. The number of nitrogens with zero attached hydrogens (tertiary/aromatic N) is 1. The number of benzene rings is 1. The van der Waals surface area contributed by atoms with Crippen molar-refractivity contribution >= 4 is 11.7 Å². The molecule has 2 rings (SSSR count). The Morgan fingerprint density at radius 3 is 2.57 bits per heavy atom. The first-order valence-corrected chi connectivity index (χ1v) is 6.55. The number of esters is 1. The molecule has 0 fully saturated rings. The first-order chi connectivity index (χ1) is 10.2. The lowest BCUT2D eigenvalue weighted by Crippen LogP contribution is -2.22. The summed E-state index contributed by atoms with van der Waals surface area (Å²) in [5, 5.41) is 3.15. The third-order valence-corrected chi connectivity index (χ3v) is 3.11. The van der Waals surface area contributed by atoms with Crippen LogP contribution in [0, 0.1) is 6.92 Å². The number of methoxy groups -OCH3 is 2. The van der Waals surface area contributed by atoms with E-state index in [1.807, 2.05) is 43.3 Å². The lowest BCUT2D eigenvalue weighted by Gasteiger charge is -2.19. The standard InChI is InChI=1S/C16H18N2O3/c1-11-8-9-12(10-17-11)15(16(19)21-3)18-13-6-4-5-7-14(13)20-2/h4-10,15,18H,1-3H3. The summed E-state index contributed by atoms with van der Waals surface area (Å²) in [6.45, 7) is 1.89. The van der Waals surface area contributed by atoms with Gasteiger partial charge in [0.1, 0.15) is 5.75 Å². The maximum atomic E-state index is 12.0. The number of pyridine rings is 1. The zero-order valence-electron chi connectivity index (χ0n) is 12.3. The molecule has 0 spiro atoms. The van der Waals surface area contributed by atoms with Crippen molar-refractivity contribution in [2.45, 2.75) is 13.0 Å². The van der Waals surface area contributed by atoms with Crippen molar-refractivity contribution in [3.05, 3.63) is 53.9 Å². The van der Waals surface area contributed by atoms with Crippen molar-refractivity contribution in [3.8, 4) is 5.75 Å². The van der Waals surface area contributed by atoms with Crippen molar-refractivity contribution in [2.24, 2.45) is 0 Å². The minimum absolute atomic E-state index is 0.383. The highest BCUT2D eigenvalue weighted by atomic mass is 16.5. The van der Waals surface area contributed by atoms with E-state index in [9.17, 15) is 4.79 Å². The van der Waals surface area contributed by atoms with Gasteiger partial charge >= 0.3 is 5.97 Å². The molecule has 0 aliphatic carbocycles. The summed E-state index contributed by atoms with van der Waals surface area (Å²) >= 11 is 0. The third kappa shape index (κ3) is 3.51. The fraction of sp³-hybridized carbons (Fsp3) is 0.250. The highest BCUT2D eigenvalue weighted by molar-refractivity contribution is 5.81. The summed E-state index contributed by atoms with van der Waals surface area (Å²) in [4.78, 5) is 16.3. The van der Waals surface area contributed by atoms with Crippen LogP contribution in [0.25, 0.3) is 0 Å². The zero-order valence-corrected chi connectivity index (χ0v) is 12.3. The van der Waals surface area contributed by atoms with Gasteiger partial charge < -0.3 is 14.8 Å². The monoisotopic (exact) mass is 286 g/mol. The molecule has 1 aromatic carbocycles. The van der Waals surface area contributed by atoms with Crippen molar-refractivity contribution in [3.63, 3.8) is 0 Å². The number of aromatic nitrogens is 1. The van der Waals surface area contributed by atoms with Crippen LogP contribution in [0.5, 0.6) is 5.75 Å². The predicted molar refractivity (Wildman–Crippen MR) is 80.3 cm³/mol. The van der Waals surface area contributed by atoms with E-state index in [4.69, 9.17) is 9.47 Å². The molecule has 1 atom stereocenters. The molecule has 5 nitrogen and oxygen atoms in total. The van der Waals surface area contributed by atoms with E-state index < -0.39 is 6.04 Å². The van der Waals surface area contributed by atoms with Gasteiger partial charge in [0, 0.05) is 17.5 Å². The van der Waals surface area contributed by atoms with Gasteiger partial charge in [-0.15, -0.1) is 0 Å². The number of aryl methyl sites for hydroxylation is 1. The van der Waals surface area contributed by atoms with Crippen molar-refractivity contribution in [1.82, 2.24) is 4.98 Å². The number of hydrogen-bond donors (Lipinski definition) is 1. The summed E-state index contributed by atoms with van der Waals surface area (Å²) in [6.07, 6.45) is 1.67. The van der Waals surface area contributed by atoms with Crippen LogP contribution in [0.15, 0.2) is 42.6 Å². The van der Waals surface area contributed by atoms with Gasteiger partial charge in [0.25, 0.3) is 0 Å². The first kappa shape index (κ1) is 14.8. The molecule has 21 heavy (non-hydrogen) atoms. The average molecular weight is 286 g/mol. The SMILES string of the molecule is COC(=O)C(Nc1ccccc1OC)c1ccc(C)nc1. The zero-order chi connectivity index (χ0) is 15.2. The van der Waals surface area contributed by atoms with Gasteiger partial charge in [0.2, 0.25) is 0 Å². The molecule has 0 amide bonds. The predicted octanol–water partition coefficient (Wildman–Crippen LogP) is 2.72. The van der Waals surface area contributed by atoms with Crippen LogP contribution in [0.2, 0.25) is 0 Å². The van der Waals surface area contributed by atoms with E-state index in [0.717, 1.165) is 16.9 Å². The second kappa shape index (κ2) is 6.74. The van der Waals surface area contributed by atoms with E-state index in [1.54, 1.807) is 13.3 Å². The van der Waals surface area contributed by atoms with Gasteiger partial charge in [-0.05, 0) is 25.1 Å². The molecule has 0 saturated heterocycles. The lowest BCUT2D eigenvalue weighted by atomic mass is 10.1. The van der Waals surface area contributed by atoms with E-state index >= 15 is 0 Å². The number of carbonyl (C=O) groups is 1. The molecular formula is C16H18N2O3. The Labute approximate surface area is 123 Å². The van der Waals surface area contributed by atoms with Crippen LogP contribution in [0.1, 0.15) is 17.3 Å². The molecular weight excluding hydrogens is 268 g/mol. The minimum atomic E-state index is -0.639. The number of para-hydroxylation sites is 2. The van der Waals surface area contributed by atoms with Gasteiger partial charge in [-0.25, -0.2) is 4.79 Å². The van der Waals surface area contributed by atoms with Crippen molar-refractivity contribution in [2.75, 3.05) is 19.5 Å². The van der Waals surface area contributed by atoms with Gasteiger partial charge in [0.05, 0.1) is 19.9 Å². The Hall–Kier alpha value is -2.56. The third-order valence-electron chi connectivity index (χ3n) is 3.11. The normalized spacial score (nSPS) is 11.6. The van der Waals surface area contributed by atoms with Crippen LogP contribution in [0.4, 0.5) is 5.69 Å². The highest BCUT2D eigenvalue weighted by Crippen LogP contribution is 2.28. The van der Waals surface area contributed by atoms with Gasteiger partial charge in [-0.1, -0.05) is 18.2 Å². The summed E-state index contributed by atoms with van der Waals surface area (Å²) in [7, 11) is 2.95. The van der Waals surface area contributed by atoms with Gasteiger partial charge in [-0.2, -0.15) is 0 Å². The average Bonchev–Trinajstić information content (AvgIpc) is 2.53. The molecule has 1 N–H and O–H groups in total. The Bertz CT molecular complexity index is 611. The smallest absolute Gasteiger partial charge is 0.333 e.